The van der Waals surface area contributed by atoms with Gasteiger partial charge >= 0.3 is 12.2 Å². The summed E-state index contributed by atoms with van der Waals surface area (Å²) in [5.41, 5.74) is 5.65. The van der Waals surface area contributed by atoms with Crippen LogP contribution in [0.4, 0.5) is 29.5 Å². The van der Waals surface area contributed by atoms with Gasteiger partial charge in [0.15, 0.2) is 17.2 Å². The van der Waals surface area contributed by atoms with Crippen molar-refractivity contribution in [2.24, 2.45) is 5.73 Å². The molecular formula is C29H29ClF3N11O4. The van der Waals surface area contributed by atoms with Crippen molar-refractivity contribution in [3.8, 4) is 17.3 Å². The zero-order chi connectivity index (χ0) is 34.6. The van der Waals surface area contributed by atoms with Crippen molar-refractivity contribution in [1.29, 1.82) is 5.26 Å². The quantitative estimate of drug-likeness (QED) is 0.263. The van der Waals surface area contributed by atoms with E-state index in [0.29, 0.717) is 45.0 Å². The number of anilines is 2. The van der Waals surface area contributed by atoms with Crippen LogP contribution >= 0.6 is 11.6 Å². The Morgan fingerprint density at radius 3 is 2.48 bits per heavy atom. The molecule has 15 nitrogen and oxygen atoms in total. The van der Waals surface area contributed by atoms with Crippen LogP contribution in [0.3, 0.4) is 0 Å². The number of hydrogen-bond donors (Lipinski definition) is 3. The molecule has 2 saturated heterocycles. The molecule has 252 valence electrons. The predicted octanol–water partition coefficient (Wildman–Crippen LogP) is 3.14. The van der Waals surface area contributed by atoms with Crippen molar-refractivity contribution in [1.82, 2.24) is 38.8 Å². The van der Waals surface area contributed by atoms with E-state index in [1.807, 2.05) is 0 Å². The lowest BCUT2D eigenvalue weighted by Crippen LogP contribution is -2.54. The number of piperazine rings is 1. The highest BCUT2D eigenvalue weighted by Gasteiger charge is 2.38. The molecule has 0 unspecified atom stereocenters. The fraction of sp³-hybridized carbons (Fsp3) is 0.345. The first kappa shape index (κ1) is 33.9. The van der Waals surface area contributed by atoms with Gasteiger partial charge in [0.1, 0.15) is 6.54 Å². The van der Waals surface area contributed by atoms with Gasteiger partial charge in [-0.15, -0.1) is 0 Å². The number of nitriles is 1. The van der Waals surface area contributed by atoms with Gasteiger partial charge in [-0.1, -0.05) is 11.6 Å². The third-order valence-corrected chi connectivity index (χ3v) is 8.07. The largest absolute Gasteiger partial charge is 0.483 e. The number of carboxylic acid groups (broad SMARTS) is 1. The number of nitrogens with zero attached hydrogens (tertiary/aromatic N) is 9. The fourth-order valence-corrected chi connectivity index (χ4v) is 5.77. The third kappa shape index (κ3) is 7.11. The number of nitrogens with two attached hydrogens (primary N) is 1. The van der Waals surface area contributed by atoms with Crippen LogP contribution in [0.1, 0.15) is 22.5 Å². The molecule has 2 aliphatic heterocycles. The Kier molecular flexibility index (Phi) is 10.0. The Morgan fingerprint density at radius 1 is 1.15 bits per heavy atom. The van der Waals surface area contributed by atoms with Crippen molar-refractivity contribution in [3.63, 3.8) is 0 Å². The summed E-state index contributed by atoms with van der Waals surface area (Å²) >= 11 is 6.53. The first-order valence-electron chi connectivity index (χ1n) is 14.5. The molecule has 48 heavy (non-hydrogen) atoms. The second kappa shape index (κ2) is 14.1. The number of hydrogen-bond acceptors (Lipinski definition) is 9. The fourth-order valence-electron chi connectivity index (χ4n) is 5.51. The molecule has 0 spiro atoms. The minimum absolute atomic E-state index is 0.00408. The minimum Gasteiger partial charge on any atom is -0.483 e. The first-order valence-corrected chi connectivity index (χ1v) is 14.9. The molecule has 1 aromatic carbocycles. The topological polar surface area (TPSA) is 191 Å². The number of nitrogens with one attached hydrogen (secondary N) is 1. The number of urea groups is 1. The molecular weight excluding hydrogens is 659 g/mol. The van der Waals surface area contributed by atoms with Crippen molar-refractivity contribution in [2.75, 3.05) is 44.6 Å². The van der Waals surface area contributed by atoms with Crippen molar-refractivity contribution in [3.05, 3.63) is 59.3 Å². The summed E-state index contributed by atoms with van der Waals surface area (Å²) in [6.07, 6.45) is 1.31. The number of alkyl halides is 3. The number of amides is 3. The van der Waals surface area contributed by atoms with Crippen molar-refractivity contribution >= 4 is 47.2 Å². The number of aromatic nitrogens is 5. The summed E-state index contributed by atoms with van der Waals surface area (Å²) in [6, 6.07) is 6.48. The number of halogens is 4. The number of rotatable bonds is 5. The number of benzene rings is 1. The molecule has 0 bridgehead atoms. The highest BCUT2D eigenvalue weighted by atomic mass is 35.5. The van der Waals surface area contributed by atoms with Gasteiger partial charge in [-0.3, -0.25) is 18.7 Å². The average molecular weight is 688 g/mol. The first-order chi connectivity index (χ1) is 22.9. The maximum absolute atomic E-state index is 13.8. The van der Waals surface area contributed by atoms with Crippen molar-refractivity contribution in [2.45, 2.75) is 25.2 Å². The van der Waals surface area contributed by atoms with Crippen LogP contribution in [0.2, 0.25) is 5.02 Å². The normalized spacial score (nSPS) is 16.3. The molecule has 6 rings (SSSR count). The SMILES string of the molecule is N#CCn1cc(-c2cnc3c(Nc4ccc(C(=O)N5CCN(C(=O)N6CC[C@@H](N)C6)CC5)c(Cl)c4)nccn23)c(C(F)(F)F)n1.O=CO. The Bertz CT molecular complexity index is 1860. The smallest absolute Gasteiger partial charge is 0.435 e. The molecule has 0 saturated carbocycles. The molecule has 3 amide bonds. The van der Waals surface area contributed by atoms with Crippen LogP contribution in [-0.2, 0) is 17.5 Å². The van der Waals surface area contributed by atoms with E-state index in [1.54, 1.807) is 39.0 Å². The lowest BCUT2D eigenvalue weighted by Gasteiger charge is -2.36. The lowest BCUT2D eigenvalue weighted by atomic mass is 10.1. The Morgan fingerprint density at radius 2 is 1.85 bits per heavy atom. The summed E-state index contributed by atoms with van der Waals surface area (Å²) in [4.78, 5) is 48.1. The summed E-state index contributed by atoms with van der Waals surface area (Å²) in [5, 5.41) is 22.6. The van der Waals surface area contributed by atoms with Crippen LogP contribution in [0.25, 0.3) is 16.9 Å². The maximum Gasteiger partial charge on any atom is 0.435 e. The monoisotopic (exact) mass is 687 g/mol. The summed E-state index contributed by atoms with van der Waals surface area (Å²) < 4.78 is 43.6. The summed E-state index contributed by atoms with van der Waals surface area (Å²) in [7, 11) is 0. The van der Waals surface area contributed by atoms with Crippen LogP contribution < -0.4 is 11.1 Å². The Labute approximate surface area is 275 Å². The van der Waals surface area contributed by atoms with E-state index in [4.69, 9.17) is 32.5 Å². The molecule has 1 atom stereocenters. The standard InChI is InChI=1S/C28H27ClF3N11O2.CH2O2/c29-21-13-18(1-2-19(21)26(44)39-9-11-40(12-10-39)27(45)41-6-3-17(34)15-41)37-24-25-36-14-22(43(25)8-5-35-24)20-16-42(7-4-33)38-23(20)28(30,31)32;2-1-3/h1-2,5,8,13-14,16-17H,3,6-7,9-12,15,34H2,(H,35,37);1H,(H,2,3)/t17-;/m1./s1. The molecule has 2 aliphatic rings. The second-order valence-electron chi connectivity index (χ2n) is 10.8. The Hall–Kier alpha value is -5.41. The van der Waals surface area contributed by atoms with Gasteiger partial charge in [0.25, 0.3) is 12.4 Å². The molecule has 0 radical (unpaired) electrons. The van der Waals surface area contributed by atoms with E-state index in [9.17, 15) is 22.8 Å². The molecule has 3 aromatic heterocycles. The second-order valence-corrected chi connectivity index (χ2v) is 11.2. The lowest BCUT2D eigenvalue weighted by molar-refractivity contribution is -0.141. The van der Waals surface area contributed by atoms with Crippen LogP contribution in [-0.4, -0.2) is 108 Å². The molecule has 19 heteroatoms. The zero-order valence-electron chi connectivity index (χ0n) is 25.1. The van der Waals surface area contributed by atoms with Crippen LogP contribution in [0, 0.1) is 11.3 Å². The maximum atomic E-state index is 13.8. The molecule has 4 aromatic rings. The van der Waals surface area contributed by atoms with Gasteiger partial charge in [0, 0.05) is 69.6 Å². The van der Waals surface area contributed by atoms with Gasteiger partial charge in [-0.2, -0.15) is 23.5 Å². The molecule has 2 fully saturated rings. The number of carbonyl (C=O) groups excluding carboxylic acids is 2. The molecule has 5 heterocycles. The van der Waals surface area contributed by atoms with Gasteiger partial charge in [-0.05, 0) is 24.6 Å². The van der Waals surface area contributed by atoms with Gasteiger partial charge in [0.2, 0.25) is 0 Å². The van der Waals surface area contributed by atoms with E-state index in [-0.39, 0.29) is 64.3 Å². The van der Waals surface area contributed by atoms with Crippen LogP contribution in [0.5, 0.6) is 0 Å². The third-order valence-electron chi connectivity index (χ3n) is 7.76. The number of likely N-dealkylation sites (tertiary alicyclic amines) is 1. The highest BCUT2D eigenvalue weighted by Crippen LogP contribution is 2.37. The number of carbonyl (C=O) groups is 3. The van der Waals surface area contributed by atoms with E-state index in [0.717, 1.165) is 17.3 Å². The molecule has 4 N–H and O–H groups in total. The van der Waals surface area contributed by atoms with Gasteiger partial charge in [-0.25, -0.2) is 14.8 Å². The summed E-state index contributed by atoms with van der Waals surface area (Å²) in [6.45, 7) is 2.10. The highest BCUT2D eigenvalue weighted by molar-refractivity contribution is 6.34. The van der Waals surface area contributed by atoms with E-state index in [1.165, 1.54) is 23.0 Å². The number of imidazole rings is 1. The summed E-state index contributed by atoms with van der Waals surface area (Å²) in [5.74, 6) is -0.0333. The van der Waals surface area contributed by atoms with Gasteiger partial charge < -0.3 is 30.9 Å². The van der Waals surface area contributed by atoms with Crippen LogP contribution in [0.15, 0.2) is 43.0 Å². The zero-order valence-corrected chi connectivity index (χ0v) is 25.9. The van der Waals surface area contributed by atoms with E-state index in [2.05, 4.69) is 20.4 Å². The Balaban J connectivity index is 0.00000145. The predicted molar refractivity (Wildman–Crippen MR) is 165 cm³/mol. The van der Waals surface area contributed by atoms with Crippen molar-refractivity contribution < 1.29 is 32.7 Å². The van der Waals surface area contributed by atoms with Gasteiger partial charge in [0.05, 0.1) is 34.1 Å². The number of fused-ring (bicyclic) bond motifs is 1. The average Bonchev–Trinajstić information content (AvgIpc) is 3.80. The molecule has 0 aliphatic carbocycles. The van der Waals surface area contributed by atoms with E-state index >= 15 is 0 Å². The van der Waals surface area contributed by atoms with E-state index < -0.39 is 11.9 Å². The minimum atomic E-state index is -4.75.